The minimum Gasteiger partial charge on any atom is -0.493 e. The van der Waals surface area contributed by atoms with Crippen LogP contribution in [0.5, 0.6) is 11.5 Å². The van der Waals surface area contributed by atoms with Crippen LogP contribution >= 0.6 is 11.8 Å². The molecule has 33 heavy (non-hydrogen) atoms. The van der Waals surface area contributed by atoms with E-state index in [1.54, 1.807) is 24.3 Å². The number of thioether (sulfide) groups is 1. The zero-order valence-corrected chi connectivity index (χ0v) is 20.3. The fourth-order valence-corrected chi connectivity index (χ4v) is 4.54. The van der Waals surface area contributed by atoms with Crippen LogP contribution in [0.25, 0.3) is 0 Å². The molecule has 3 rings (SSSR count). The van der Waals surface area contributed by atoms with Crippen molar-refractivity contribution >= 4 is 29.1 Å². The van der Waals surface area contributed by atoms with E-state index in [0.29, 0.717) is 36.2 Å². The van der Waals surface area contributed by atoms with Gasteiger partial charge in [-0.1, -0.05) is 55.4 Å². The maximum Gasteiger partial charge on any atom is 0.242 e. The molecule has 174 valence electrons. The summed E-state index contributed by atoms with van der Waals surface area (Å²) in [5.41, 5.74) is 3.18. The number of ether oxygens (including phenoxy) is 2. The van der Waals surface area contributed by atoms with E-state index in [1.807, 2.05) is 30.3 Å². The minimum absolute atomic E-state index is 0.0346. The number of hydrogen-bond donors (Lipinski definition) is 0. The van der Waals surface area contributed by atoms with Crippen molar-refractivity contribution in [2.75, 3.05) is 20.3 Å². The molecule has 0 unspecified atom stereocenters. The molecule has 2 aromatic carbocycles. The van der Waals surface area contributed by atoms with Gasteiger partial charge in [0.2, 0.25) is 5.91 Å². The summed E-state index contributed by atoms with van der Waals surface area (Å²) >= 11 is 1.45. The first-order valence-corrected chi connectivity index (χ1v) is 12.0. The summed E-state index contributed by atoms with van der Waals surface area (Å²) in [7, 11) is 1.62. The Labute approximate surface area is 200 Å². The van der Waals surface area contributed by atoms with Gasteiger partial charge in [-0.25, -0.2) is 0 Å². The van der Waals surface area contributed by atoms with E-state index in [1.165, 1.54) is 22.9 Å². The highest BCUT2D eigenvalue weighted by Gasteiger charge is 2.37. The van der Waals surface area contributed by atoms with Gasteiger partial charge in [0.05, 0.1) is 25.2 Å². The zero-order chi connectivity index (χ0) is 23.6. The fraction of sp³-hybridized carbons (Fsp3) is 0.346. The molecule has 0 aromatic heterocycles. The predicted octanol–water partition coefficient (Wildman–Crippen LogP) is 5.25. The van der Waals surface area contributed by atoms with Crippen molar-refractivity contribution in [2.24, 2.45) is 10.2 Å². The smallest absolute Gasteiger partial charge is 0.242 e. The monoisotopic (exact) mass is 465 g/mol. The Balaban J connectivity index is 1.73. The Morgan fingerprint density at radius 3 is 2.76 bits per heavy atom. The van der Waals surface area contributed by atoms with Gasteiger partial charge in [0.15, 0.2) is 16.7 Å². The summed E-state index contributed by atoms with van der Waals surface area (Å²) in [6, 6.07) is 13.8. The summed E-state index contributed by atoms with van der Waals surface area (Å²) in [6.07, 6.45) is 6.07. The van der Waals surface area contributed by atoms with Gasteiger partial charge >= 0.3 is 0 Å². The molecule has 1 aliphatic heterocycles. The van der Waals surface area contributed by atoms with Gasteiger partial charge in [0.1, 0.15) is 0 Å². The lowest BCUT2D eigenvalue weighted by Crippen LogP contribution is -2.32. The number of aryl methyl sites for hydroxylation is 1. The number of carbonyl (C=O) groups excluding carboxylic acids is 1. The third kappa shape index (κ3) is 6.48. The van der Waals surface area contributed by atoms with Crippen molar-refractivity contribution in [1.82, 2.24) is 4.90 Å². The van der Waals surface area contributed by atoms with Crippen molar-refractivity contribution in [3.8, 4) is 11.5 Å². The molecule has 0 radical (unpaired) electrons. The van der Waals surface area contributed by atoms with Crippen molar-refractivity contribution in [3.63, 3.8) is 0 Å². The number of nitrogens with zero attached hydrogens (tertiary/aromatic N) is 3. The molecule has 0 saturated carbocycles. The van der Waals surface area contributed by atoms with Crippen LogP contribution in [-0.2, 0) is 11.2 Å². The van der Waals surface area contributed by atoms with Crippen LogP contribution in [0.2, 0.25) is 0 Å². The largest absolute Gasteiger partial charge is 0.493 e. The zero-order valence-electron chi connectivity index (χ0n) is 19.5. The number of hydrogen-bond acceptors (Lipinski definition) is 6. The lowest BCUT2D eigenvalue weighted by Gasteiger charge is -2.13. The van der Waals surface area contributed by atoms with Crippen LogP contribution in [0, 0.1) is 6.92 Å². The second-order valence-corrected chi connectivity index (χ2v) is 8.88. The third-order valence-electron chi connectivity index (χ3n) is 5.29. The molecule has 0 spiro atoms. The summed E-state index contributed by atoms with van der Waals surface area (Å²) in [5, 5.41) is 8.97. The lowest BCUT2D eigenvalue weighted by molar-refractivity contribution is -0.125. The van der Waals surface area contributed by atoms with Gasteiger partial charge in [-0.15, -0.1) is 11.7 Å². The lowest BCUT2D eigenvalue weighted by atomic mass is 10.0. The minimum atomic E-state index is -0.223. The molecule has 1 saturated heterocycles. The number of benzene rings is 2. The van der Waals surface area contributed by atoms with Gasteiger partial charge in [0.25, 0.3) is 0 Å². The topological polar surface area (TPSA) is 63.5 Å². The van der Waals surface area contributed by atoms with E-state index in [-0.39, 0.29) is 11.2 Å². The molecule has 1 fully saturated rings. The molecule has 1 atom stereocenters. The van der Waals surface area contributed by atoms with Gasteiger partial charge in [-0.3, -0.25) is 9.69 Å². The van der Waals surface area contributed by atoms with Crippen LogP contribution < -0.4 is 9.47 Å². The SMILES string of the molecule is C=CCN1C(=O)[C@@H](Cc2ccccc2C)S/C1=N\N=C/c1ccc(OCCCC)c(OC)c1. The van der Waals surface area contributed by atoms with E-state index in [9.17, 15) is 4.79 Å². The molecular weight excluding hydrogens is 434 g/mol. The Morgan fingerprint density at radius 2 is 2.03 bits per heavy atom. The van der Waals surface area contributed by atoms with Crippen molar-refractivity contribution in [2.45, 2.75) is 38.4 Å². The van der Waals surface area contributed by atoms with Crippen molar-refractivity contribution in [3.05, 3.63) is 71.8 Å². The molecule has 7 heteroatoms. The van der Waals surface area contributed by atoms with E-state index in [0.717, 1.165) is 18.4 Å². The van der Waals surface area contributed by atoms with E-state index < -0.39 is 0 Å². The molecule has 0 N–H and O–H groups in total. The molecule has 2 aromatic rings. The second-order valence-electron chi connectivity index (χ2n) is 7.71. The molecule has 1 aliphatic rings. The van der Waals surface area contributed by atoms with E-state index in [2.05, 4.69) is 42.8 Å². The Morgan fingerprint density at radius 1 is 1.21 bits per heavy atom. The molecule has 6 nitrogen and oxygen atoms in total. The van der Waals surface area contributed by atoms with Gasteiger partial charge in [0, 0.05) is 6.54 Å². The normalized spacial score (nSPS) is 17.2. The summed E-state index contributed by atoms with van der Waals surface area (Å²) in [5.74, 6) is 1.40. The second kappa shape index (κ2) is 12.3. The first kappa shape index (κ1) is 24.6. The number of amidine groups is 1. The summed E-state index contributed by atoms with van der Waals surface area (Å²) in [6.45, 7) is 9.02. The average molecular weight is 466 g/mol. The van der Waals surface area contributed by atoms with Crippen LogP contribution in [0.1, 0.15) is 36.5 Å². The number of amides is 1. The highest BCUT2D eigenvalue weighted by atomic mass is 32.2. The first-order chi connectivity index (χ1) is 16.1. The molecule has 1 heterocycles. The highest BCUT2D eigenvalue weighted by Crippen LogP contribution is 2.31. The van der Waals surface area contributed by atoms with E-state index >= 15 is 0 Å². The average Bonchev–Trinajstić information content (AvgIpc) is 3.11. The van der Waals surface area contributed by atoms with Crippen LogP contribution in [0.15, 0.2) is 65.3 Å². The Hall–Kier alpha value is -3.06. The Bertz CT molecular complexity index is 1040. The predicted molar refractivity (Wildman–Crippen MR) is 137 cm³/mol. The van der Waals surface area contributed by atoms with Gasteiger partial charge < -0.3 is 9.47 Å². The quantitative estimate of drug-likeness (QED) is 0.197. The Kier molecular flexibility index (Phi) is 9.13. The maximum absolute atomic E-state index is 13.0. The van der Waals surface area contributed by atoms with Crippen molar-refractivity contribution < 1.29 is 14.3 Å². The molecule has 0 aliphatic carbocycles. The number of rotatable bonds is 11. The van der Waals surface area contributed by atoms with Gasteiger partial charge in [-0.2, -0.15) is 5.10 Å². The summed E-state index contributed by atoms with van der Waals surface area (Å²) in [4.78, 5) is 14.6. The fourth-order valence-electron chi connectivity index (χ4n) is 3.41. The van der Waals surface area contributed by atoms with Crippen molar-refractivity contribution in [1.29, 1.82) is 0 Å². The van der Waals surface area contributed by atoms with Crippen LogP contribution in [0.4, 0.5) is 0 Å². The number of methoxy groups -OCH3 is 1. The maximum atomic E-state index is 13.0. The van der Waals surface area contributed by atoms with Crippen LogP contribution in [-0.4, -0.2) is 47.7 Å². The summed E-state index contributed by atoms with van der Waals surface area (Å²) < 4.78 is 11.2. The highest BCUT2D eigenvalue weighted by molar-refractivity contribution is 8.15. The number of carbonyl (C=O) groups is 1. The molecule has 1 amide bonds. The standard InChI is InChI=1S/C26H31N3O3S/c1-5-7-15-32-22-13-12-20(16-23(22)31-4)18-27-28-26-29(14-6-2)25(30)24(33-26)17-21-11-9-8-10-19(21)3/h6,8-13,16,18,24H,2,5,7,14-15,17H2,1,3-4H3/b27-18-,28-26-/t24-/m1/s1. The molecular formula is C26H31N3O3S. The van der Waals surface area contributed by atoms with E-state index in [4.69, 9.17) is 9.47 Å². The van der Waals surface area contributed by atoms with Crippen LogP contribution in [0.3, 0.4) is 0 Å². The molecule has 0 bridgehead atoms. The number of unbranched alkanes of at least 4 members (excludes halogenated alkanes) is 1. The van der Waals surface area contributed by atoms with Gasteiger partial charge in [-0.05, 0) is 54.7 Å². The first-order valence-electron chi connectivity index (χ1n) is 11.1. The third-order valence-corrected chi connectivity index (χ3v) is 6.46.